The van der Waals surface area contributed by atoms with E-state index in [4.69, 9.17) is 9.15 Å². The van der Waals surface area contributed by atoms with Crippen molar-refractivity contribution in [2.24, 2.45) is 4.99 Å². The molecular weight excluding hydrogens is 387 g/mol. The summed E-state index contributed by atoms with van der Waals surface area (Å²) in [6.07, 6.45) is -4.52. The lowest BCUT2D eigenvalue weighted by Crippen LogP contribution is -2.44. The van der Waals surface area contributed by atoms with Gasteiger partial charge >= 0.3 is 6.18 Å². The van der Waals surface area contributed by atoms with E-state index in [9.17, 15) is 18.3 Å². The molecule has 160 valence electrons. The van der Waals surface area contributed by atoms with Crippen LogP contribution in [0.25, 0.3) is 0 Å². The maximum atomic E-state index is 13.4. The summed E-state index contributed by atoms with van der Waals surface area (Å²) >= 11 is 0. The van der Waals surface area contributed by atoms with Gasteiger partial charge in [0.25, 0.3) is 0 Å². The van der Waals surface area contributed by atoms with Gasteiger partial charge in [0.1, 0.15) is 22.9 Å². The minimum atomic E-state index is -4.52. The number of nitrogens with zero attached hydrogens (tertiary/aromatic N) is 1. The molecule has 1 aromatic carbocycles. The monoisotopic (exact) mass is 413 g/mol. The first-order chi connectivity index (χ1) is 13.6. The molecule has 0 aliphatic carbocycles. The molecule has 29 heavy (non-hydrogen) atoms. The molecule has 2 aromatic rings. The fourth-order valence-electron chi connectivity index (χ4n) is 2.66. The van der Waals surface area contributed by atoms with Crippen molar-refractivity contribution in [2.45, 2.75) is 39.1 Å². The molecule has 2 rings (SSSR count). The molecule has 0 fully saturated rings. The highest BCUT2D eigenvalue weighted by Gasteiger charge is 2.33. The lowest BCUT2D eigenvalue weighted by atomic mass is 10.0. The summed E-state index contributed by atoms with van der Waals surface area (Å²) in [5.74, 6) is 1.45. The number of alkyl halides is 3. The number of hydrogen-bond acceptors (Lipinski definition) is 4. The highest BCUT2D eigenvalue weighted by atomic mass is 19.4. The van der Waals surface area contributed by atoms with Crippen LogP contribution in [-0.2, 0) is 18.3 Å². The number of ether oxygens (including phenoxy) is 1. The highest BCUT2D eigenvalue weighted by molar-refractivity contribution is 5.79. The number of methoxy groups -OCH3 is 1. The summed E-state index contributed by atoms with van der Waals surface area (Å²) in [6, 6.07) is 7.18. The van der Waals surface area contributed by atoms with E-state index in [1.54, 1.807) is 26.0 Å². The standard InChI is InChI=1S/C20H26F3N3O3/c1-5-24-18(26-12-19(3,27)17-9-6-13(2)29-17)25-11-14-7-8-15(28-4)10-16(14)20(21,22)23/h6-10,27H,5,11-12H2,1-4H3,(H2,24,25,26). The first-order valence-corrected chi connectivity index (χ1v) is 9.12. The van der Waals surface area contributed by atoms with Crippen molar-refractivity contribution >= 4 is 5.96 Å². The van der Waals surface area contributed by atoms with Gasteiger partial charge in [-0.1, -0.05) is 6.07 Å². The Balaban J connectivity index is 2.17. The second kappa shape index (κ2) is 9.21. The number of guanidine groups is 1. The molecule has 0 spiro atoms. The van der Waals surface area contributed by atoms with E-state index in [1.807, 2.05) is 6.92 Å². The second-order valence-electron chi connectivity index (χ2n) is 6.75. The molecule has 0 saturated heterocycles. The molecule has 0 bridgehead atoms. The molecule has 1 unspecified atom stereocenters. The maximum Gasteiger partial charge on any atom is 0.416 e. The van der Waals surface area contributed by atoms with Gasteiger partial charge < -0.3 is 24.9 Å². The molecular formula is C20H26F3N3O3. The van der Waals surface area contributed by atoms with Crippen LogP contribution in [0.5, 0.6) is 5.75 Å². The summed E-state index contributed by atoms with van der Waals surface area (Å²) in [5, 5.41) is 16.5. The minimum Gasteiger partial charge on any atom is -0.497 e. The summed E-state index contributed by atoms with van der Waals surface area (Å²) < 4.78 is 50.4. The smallest absolute Gasteiger partial charge is 0.416 e. The van der Waals surface area contributed by atoms with Gasteiger partial charge in [0.05, 0.1) is 25.8 Å². The van der Waals surface area contributed by atoms with Crippen LogP contribution in [0.3, 0.4) is 0 Å². The van der Waals surface area contributed by atoms with Crippen molar-refractivity contribution in [1.29, 1.82) is 0 Å². The third-order valence-electron chi connectivity index (χ3n) is 4.25. The average molecular weight is 413 g/mol. The van der Waals surface area contributed by atoms with Crippen LogP contribution in [-0.4, -0.2) is 31.3 Å². The fourth-order valence-corrected chi connectivity index (χ4v) is 2.66. The van der Waals surface area contributed by atoms with E-state index < -0.39 is 17.3 Å². The quantitative estimate of drug-likeness (QED) is 0.478. The molecule has 6 nitrogen and oxygen atoms in total. The zero-order chi connectivity index (χ0) is 21.7. The number of rotatable bonds is 7. The number of hydrogen-bond donors (Lipinski definition) is 3. The molecule has 0 amide bonds. The van der Waals surface area contributed by atoms with Crippen LogP contribution in [0.1, 0.15) is 36.5 Å². The summed E-state index contributed by atoms with van der Waals surface area (Å²) in [7, 11) is 1.31. The molecule has 0 radical (unpaired) electrons. The van der Waals surface area contributed by atoms with E-state index >= 15 is 0 Å². The van der Waals surface area contributed by atoms with Crippen molar-refractivity contribution < 1.29 is 27.4 Å². The maximum absolute atomic E-state index is 13.4. The lowest BCUT2D eigenvalue weighted by molar-refractivity contribution is -0.138. The Bertz CT molecular complexity index is 845. The molecule has 0 aliphatic rings. The van der Waals surface area contributed by atoms with Crippen molar-refractivity contribution in [1.82, 2.24) is 10.6 Å². The van der Waals surface area contributed by atoms with E-state index in [0.717, 1.165) is 6.07 Å². The first kappa shape index (κ1) is 22.6. The molecule has 3 N–H and O–H groups in total. The number of nitrogens with one attached hydrogen (secondary N) is 2. The Morgan fingerprint density at radius 1 is 1.21 bits per heavy atom. The predicted molar refractivity (Wildman–Crippen MR) is 104 cm³/mol. The van der Waals surface area contributed by atoms with Gasteiger partial charge in [-0.2, -0.15) is 13.2 Å². The Hall–Kier alpha value is -2.68. The third-order valence-corrected chi connectivity index (χ3v) is 4.25. The van der Waals surface area contributed by atoms with Crippen LogP contribution in [0, 0.1) is 6.92 Å². The number of benzene rings is 1. The normalized spacial score (nSPS) is 14.4. The predicted octanol–water partition coefficient (Wildman–Crippen LogP) is 3.58. The second-order valence-corrected chi connectivity index (χ2v) is 6.75. The third kappa shape index (κ3) is 6.15. The van der Waals surface area contributed by atoms with E-state index in [2.05, 4.69) is 15.6 Å². The summed E-state index contributed by atoms with van der Waals surface area (Å²) in [5.41, 5.74) is -2.10. The molecule has 0 saturated carbocycles. The topological polar surface area (TPSA) is 79.0 Å². The zero-order valence-corrected chi connectivity index (χ0v) is 16.9. The molecule has 1 aromatic heterocycles. The summed E-state index contributed by atoms with van der Waals surface area (Å²) in [6.45, 7) is 5.54. The Morgan fingerprint density at radius 3 is 2.48 bits per heavy atom. The zero-order valence-electron chi connectivity index (χ0n) is 16.9. The Labute approximate surface area is 167 Å². The molecule has 1 heterocycles. The number of aliphatic hydroxyl groups is 1. The van der Waals surface area contributed by atoms with Crippen LogP contribution in [0.2, 0.25) is 0 Å². The van der Waals surface area contributed by atoms with Gasteiger partial charge in [0.2, 0.25) is 0 Å². The number of aryl methyl sites for hydroxylation is 1. The van der Waals surface area contributed by atoms with Crippen LogP contribution >= 0.6 is 0 Å². The Kier molecular flexibility index (Phi) is 7.18. The number of furan rings is 1. The van der Waals surface area contributed by atoms with Crippen LogP contribution in [0.15, 0.2) is 39.7 Å². The molecule has 0 aliphatic heterocycles. The van der Waals surface area contributed by atoms with Crippen molar-refractivity contribution in [3.8, 4) is 5.75 Å². The van der Waals surface area contributed by atoms with E-state index in [0.29, 0.717) is 18.1 Å². The first-order valence-electron chi connectivity index (χ1n) is 9.12. The van der Waals surface area contributed by atoms with Crippen LogP contribution in [0.4, 0.5) is 13.2 Å². The summed E-state index contributed by atoms with van der Waals surface area (Å²) in [4.78, 5) is 4.23. The number of aliphatic imine (C=N–C) groups is 1. The largest absolute Gasteiger partial charge is 0.497 e. The SMILES string of the molecule is CCNC(=NCc1ccc(OC)cc1C(F)(F)F)NCC(C)(O)c1ccc(C)o1. The molecule has 9 heteroatoms. The molecule has 1 atom stereocenters. The van der Waals surface area contributed by atoms with E-state index in [1.165, 1.54) is 19.2 Å². The lowest BCUT2D eigenvalue weighted by Gasteiger charge is -2.23. The van der Waals surface area contributed by atoms with E-state index in [-0.39, 0.29) is 30.4 Å². The average Bonchev–Trinajstić information content (AvgIpc) is 3.10. The van der Waals surface area contributed by atoms with Gasteiger partial charge in [-0.3, -0.25) is 0 Å². The number of halogens is 3. The Morgan fingerprint density at radius 2 is 1.93 bits per heavy atom. The minimum absolute atomic E-state index is 0.0175. The van der Waals surface area contributed by atoms with Gasteiger partial charge in [-0.05, 0) is 50.6 Å². The van der Waals surface area contributed by atoms with Gasteiger partial charge in [-0.25, -0.2) is 4.99 Å². The van der Waals surface area contributed by atoms with Gasteiger partial charge in [0.15, 0.2) is 5.96 Å². The van der Waals surface area contributed by atoms with Crippen molar-refractivity contribution in [2.75, 3.05) is 20.2 Å². The van der Waals surface area contributed by atoms with Crippen molar-refractivity contribution in [3.63, 3.8) is 0 Å². The van der Waals surface area contributed by atoms with Crippen LogP contribution < -0.4 is 15.4 Å². The highest BCUT2D eigenvalue weighted by Crippen LogP contribution is 2.34. The van der Waals surface area contributed by atoms with Crippen molar-refractivity contribution in [3.05, 3.63) is 53.0 Å². The fraction of sp³-hybridized carbons (Fsp3) is 0.450. The van der Waals surface area contributed by atoms with Gasteiger partial charge in [-0.15, -0.1) is 0 Å². The van der Waals surface area contributed by atoms with Gasteiger partial charge in [0, 0.05) is 6.54 Å².